The molecule has 0 fully saturated rings. The molecule has 1 amide bonds. The standard InChI is InChI=1S/C12H12ClF3N2O/c13-9-4-8-6-18(11(19)12(14,15)16)3-1-2-7(8)5-10(9)17/h4-5H,1-3,6,17H2. The van der Waals surface area contributed by atoms with E-state index < -0.39 is 12.1 Å². The number of nitrogen functional groups attached to an aromatic ring is 1. The molecule has 104 valence electrons. The first-order valence-corrected chi connectivity index (χ1v) is 6.09. The fraction of sp³-hybridized carbons (Fsp3) is 0.417. The molecule has 0 saturated carbocycles. The van der Waals surface area contributed by atoms with Crippen molar-refractivity contribution in [2.75, 3.05) is 12.3 Å². The van der Waals surface area contributed by atoms with Crippen LogP contribution in [0.1, 0.15) is 17.5 Å². The second-order valence-electron chi connectivity index (χ2n) is 4.47. The molecule has 1 aromatic carbocycles. The number of carbonyl (C=O) groups is 1. The highest BCUT2D eigenvalue weighted by Crippen LogP contribution is 2.29. The van der Waals surface area contributed by atoms with Gasteiger partial charge in [0.2, 0.25) is 0 Å². The summed E-state index contributed by atoms with van der Waals surface area (Å²) in [6.07, 6.45) is -3.80. The molecule has 0 saturated heterocycles. The molecular weight excluding hydrogens is 281 g/mol. The van der Waals surface area contributed by atoms with E-state index in [0.717, 1.165) is 10.5 Å². The van der Waals surface area contributed by atoms with Crippen LogP contribution < -0.4 is 5.73 Å². The molecule has 2 N–H and O–H groups in total. The molecule has 1 aliphatic rings. The largest absolute Gasteiger partial charge is 0.471 e. The van der Waals surface area contributed by atoms with Crippen LogP contribution in [0.15, 0.2) is 12.1 Å². The number of rotatable bonds is 0. The Labute approximate surface area is 113 Å². The van der Waals surface area contributed by atoms with Crippen LogP contribution >= 0.6 is 11.6 Å². The van der Waals surface area contributed by atoms with E-state index in [0.29, 0.717) is 29.1 Å². The first kappa shape index (κ1) is 14.0. The highest BCUT2D eigenvalue weighted by atomic mass is 35.5. The molecule has 0 unspecified atom stereocenters. The van der Waals surface area contributed by atoms with Gasteiger partial charge in [0.1, 0.15) is 0 Å². The van der Waals surface area contributed by atoms with Gasteiger partial charge in [0.05, 0.1) is 10.7 Å². The van der Waals surface area contributed by atoms with Crippen LogP contribution in [-0.4, -0.2) is 23.5 Å². The normalized spacial score (nSPS) is 15.9. The number of aryl methyl sites for hydroxylation is 1. The van der Waals surface area contributed by atoms with Gasteiger partial charge in [-0.3, -0.25) is 4.79 Å². The highest BCUT2D eigenvalue weighted by molar-refractivity contribution is 6.33. The summed E-state index contributed by atoms with van der Waals surface area (Å²) in [5.74, 6) is -1.81. The maximum Gasteiger partial charge on any atom is 0.471 e. The smallest absolute Gasteiger partial charge is 0.398 e. The van der Waals surface area contributed by atoms with Gasteiger partial charge in [0.15, 0.2) is 0 Å². The Kier molecular flexibility index (Phi) is 3.62. The van der Waals surface area contributed by atoms with Gasteiger partial charge in [-0.2, -0.15) is 13.2 Å². The van der Waals surface area contributed by atoms with Crippen LogP contribution in [0.5, 0.6) is 0 Å². The third-order valence-corrected chi connectivity index (χ3v) is 3.41. The van der Waals surface area contributed by atoms with Crippen LogP contribution in [0, 0.1) is 0 Å². The van der Waals surface area contributed by atoms with E-state index in [4.69, 9.17) is 17.3 Å². The summed E-state index contributed by atoms with van der Waals surface area (Å²) in [5.41, 5.74) is 7.53. The van der Waals surface area contributed by atoms with Crippen molar-refractivity contribution in [3.63, 3.8) is 0 Å². The second-order valence-corrected chi connectivity index (χ2v) is 4.88. The van der Waals surface area contributed by atoms with E-state index in [9.17, 15) is 18.0 Å². The topological polar surface area (TPSA) is 46.3 Å². The maximum atomic E-state index is 12.4. The lowest BCUT2D eigenvalue weighted by Crippen LogP contribution is -2.40. The van der Waals surface area contributed by atoms with E-state index in [-0.39, 0.29) is 13.1 Å². The number of alkyl halides is 3. The minimum atomic E-state index is -4.85. The molecule has 0 bridgehead atoms. The fourth-order valence-electron chi connectivity index (χ4n) is 2.16. The number of fused-ring (bicyclic) bond motifs is 1. The number of anilines is 1. The first-order chi connectivity index (χ1) is 8.79. The van der Waals surface area contributed by atoms with E-state index in [1.807, 2.05) is 0 Å². The predicted molar refractivity (Wildman–Crippen MR) is 65.7 cm³/mol. The van der Waals surface area contributed by atoms with Crippen molar-refractivity contribution >= 4 is 23.2 Å². The Morgan fingerprint density at radius 1 is 1.32 bits per heavy atom. The molecule has 0 aromatic heterocycles. The number of nitrogens with zero attached hydrogens (tertiary/aromatic N) is 1. The Hall–Kier alpha value is -1.43. The zero-order chi connectivity index (χ0) is 14.2. The van der Waals surface area contributed by atoms with Crippen molar-refractivity contribution in [3.05, 3.63) is 28.3 Å². The molecule has 0 aliphatic carbocycles. The monoisotopic (exact) mass is 292 g/mol. The zero-order valence-electron chi connectivity index (χ0n) is 9.93. The number of halogens is 4. The van der Waals surface area contributed by atoms with Gasteiger partial charge in [-0.1, -0.05) is 11.6 Å². The molecule has 2 rings (SSSR count). The van der Waals surface area contributed by atoms with Crippen molar-refractivity contribution < 1.29 is 18.0 Å². The Morgan fingerprint density at radius 2 is 2.00 bits per heavy atom. The maximum absolute atomic E-state index is 12.4. The molecule has 1 heterocycles. The van der Waals surface area contributed by atoms with E-state index in [2.05, 4.69) is 0 Å². The average molecular weight is 293 g/mol. The Morgan fingerprint density at radius 3 is 2.63 bits per heavy atom. The van der Waals surface area contributed by atoms with Crippen molar-refractivity contribution in [1.82, 2.24) is 4.90 Å². The van der Waals surface area contributed by atoms with Crippen molar-refractivity contribution in [3.8, 4) is 0 Å². The lowest BCUT2D eigenvalue weighted by atomic mass is 10.0. The summed E-state index contributed by atoms with van der Waals surface area (Å²) in [6.45, 7) is -0.0157. The van der Waals surface area contributed by atoms with Gasteiger partial charge in [0, 0.05) is 13.1 Å². The van der Waals surface area contributed by atoms with Crippen LogP contribution in [0.2, 0.25) is 5.02 Å². The van der Waals surface area contributed by atoms with Crippen LogP contribution in [0.4, 0.5) is 18.9 Å². The van der Waals surface area contributed by atoms with Crippen molar-refractivity contribution in [2.24, 2.45) is 0 Å². The van der Waals surface area contributed by atoms with E-state index in [1.165, 1.54) is 6.07 Å². The molecule has 1 aromatic rings. The SMILES string of the molecule is Nc1cc2c(cc1Cl)CN(C(=O)C(F)(F)F)CCC2. The van der Waals surface area contributed by atoms with E-state index in [1.54, 1.807) is 6.07 Å². The van der Waals surface area contributed by atoms with Gasteiger partial charge in [-0.15, -0.1) is 0 Å². The number of carbonyl (C=O) groups excluding carboxylic acids is 1. The number of hydrogen-bond donors (Lipinski definition) is 1. The molecular formula is C12H12ClF3N2O. The zero-order valence-corrected chi connectivity index (χ0v) is 10.7. The third-order valence-electron chi connectivity index (χ3n) is 3.08. The summed E-state index contributed by atoms with van der Waals surface area (Å²) in [7, 11) is 0. The summed E-state index contributed by atoms with van der Waals surface area (Å²) in [4.78, 5) is 12.1. The molecule has 0 atom stereocenters. The molecule has 0 spiro atoms. The van der Waals surface area contributed by atoms with Gasteiger partial charge in [-0.25, -0.2) is 0 Å². The van der Waals surface area contributed by atoms with E-state index >= 15 is 0 Å². The average Bonchev–Trinajstić information content (AvgIpc) is 2.50. The number of nitrogens with two attached hydrogens (primary N) is 1. The van der Waals surface area contributed by atoms with Crippen LogP contribution in [-0.2, 0) is 17.8 Å². The Bertz CT molecular complexity index is 516. The van der Waals surface area contributed by atoms with Crippen LogP contribution in [0.25, 0.3) is 0 Å². The summed E-state index contributed by atoms with van der Waals surface area (Å²) in [6, 6.07) is 3.20. The summed E-state index contributed by atoms with van der Waals surface area (Å²) < 4.78 is 37.3. The number of amides is 1. The third kappa shape index (κ3) is 2.94. The van der Waals surface area contributed by atoms with Crippen molar-refractivity contribution in [2.45, 2.75) is 25.6 Å². The fourth-order valence-corrected chi connectivity index (χ4v) is 2.34. The molecule has 0 radical (unpaired) electrons. The van der Waals surface area contributed by atoms with Gasteiger partial charge >= 0.3 is 12.1 Å². The van der Waals surface area contributed by atoms with Gasteiger partial charge < -0.3 is 10.6 Å². The van der Waals surface area contributed by atoms with Crippen LogP contribution in [0.3, 0.4) is 0 Å². The summed E-state index contributed by atoms with van der Waals surface area (Å²) >= 11 is 5.87. The minimum Gasteiger partial charge on any atom is -0.398 e. The highest BCUT2D eigenvalue weighted by Gasteiger charge is 2.42. The number of hydrogen-bond acceptors (Lipinski definition) is 2. The van der Waals surface area contributed by atoms with Gasteiger partial charge in [0.25, 0.3) is 0 Å². The summed E-state index contributed by atoms with van der Waals surface area (Å²) in [5, 5.41) is 0.292. The minimum absolute atomic E-state index is 0.0740. The second kappa shape index (κ2) is 4.92. The lowest BCUT2D eigenvalue weighted by Gasteiger charge is -2.22. The molecule has 19 heavy (non-hydrogen) atoms. The van der Waals surface area contributed by atoms with Crippen molar-refractivity contribution in [1.29, 1.82) is 0 Å². The van der Waals surface area contributed by atoms with Gasteiger partial charge in [-0.05, 0) is 36.1 Å². The quantitative estimate of drug-likeness (QED) is 0.747. The Balaban J connectivity index is 2.30. The first-order valence-electron chi connectivity index (χ1n) is 5.72. The predicted octanol–water partition coefficient (Wildman–Crippen LogP) is 2.76. The number of benzene rings is 1. The lowest BCUT2D eigenvalue weighted by molar-refractivity contribution is -0.186. The molecule has 7 heteroatoms. The molecule has 1 aliphatic heterocycles. The molecule has 3 nitrogen and oxygen atoms in total.